The molecule has 2 aliphatic rings. The van der Waals surface area contributed by atoms with Gasteiger partial charge in [-0.1, -0.05) is 0 Å². The van der Waals surface area contributed by atoms with E-state index in [1.807, 2.05) is 6.07 Å². The van der Waals surface area contributed by atoms with Gasteiger partial charge in [-0.15, -0.1) is 0 Å². The average molecular weight is 368 g/mol. The Balaban J connectivity index is 1.60. The molecule has 0 spiro atoms. The van der Waals surface area contributed by atoms with Crippen LogP contribution in [-0.4, -0.2) is 28.3 Å². The third-order valence-electron chi connectivity index (χ3n) is 4.57. The molecule has 27 heavy (non-hydrogen) atoms. The fraction of sp³-hybridized carbons (Fsp3) is 0.333. The van der Waals surface area contributed by atoms with Crippen molar-refractivity contribution in [3.63, 3.8) is 0 Å². The van der Waals surface area contributed by atoms with Crippen molar-refractivity contribution in [2.45, 2.75) is 25.9 Å². The van der Waals surface area contributed by atoms with Gasteiger partial charge in [0.05, 0.1) is 0 Å². The molecule has 1 N–H and O–H groups in total. The van der Waals surface area contributed by atoms with Gasteiger partial charge in [0.2, 0.25) is 5.91 Å². The van der Waals surface area contributed by atoms with Crippen LogP contribution in [0, 0.1) is 11.3 Å². The summed E-state index contributed by atoms with van der Waals surface area (Å²) in [6, 6.07) is 6.80. The highest BCUT2D eigenvalue weighted by Gasteiger charge is 2.23. The van der Waals surface area contributed by atoms with Crippen molar-refractivity contribution in [2.75, 3.05) is 18.5 Å². The van der Waals surface area contributed by atoms with Crippen LogP contribution >= 0.6 is 0 Å². The maximum absolute atomic E-state index is 12.5. The minimum Gasteiger partial charge on any atom is -0.486 e. The number of nitriles is 1. The Morgan fingerprint density at radius 1 is 1.22 bits per heavy atom. The summed E-state index contributed by atoms with van der Waals surface area (Å²) >= 11 is 0. The van der Waals surface area contributed by atoms with Crippen molar-refractivity contribution in [2.24, 2.45) is 0 Å². The van der Waals surface area contributed by atoms with Gasteiger partial charge < -0.3 is 14.8 Å². The maximum Gasteiger partial charge on any atom is 0.331 e. The number of nitrogens with one attached hydrogen (secondary N) is 1. The van der Waals surface area contributed by atoms with Gasteiger partial charge in [-0.25, -0.2) is 9.36 Å². The summed E-state index contributed by atoms with van der Waals surface area (Å²) in [6.07, 6.45) is 1.20. The molecule has 1 amide bonds. The molecule has 9 heteroatoms. The fourth-order valence-electron chi connectivity index (χ4n) is 3.35. The van der Waals surface area contributed by atoms with Crippen LogP contribution in [0.1, 0.15) is 17.7 Å². The van der Waals surface area contributed by atoms with Gasteiger partial charge in [-0.05, 0) is 25.0 Å². The molecule has 0 saturated carbocycles. The summed E-state index contributed by atoms with van der Waals surface area (Å²) < 4.78 is 13.1. The van der Waals surface area contributed by atoms with E-state index in [-0.39, 0.29) is 5.56 Å². The number of rotatable bonds is 3. The number of anilines is 1. The molecule has 3 heterocycles. The Labute approximate surface area is 153 Å². The van der Waals surface area contributed by atoms with Gasteiger partial charge in [0, 0.05) is 24.0 Å². The van der Waals surface area contributed by atoms with Gasteiger partial charge in [0.25, 0.3) is 5.56 Å². The van der Waals surface area contributed by atoms with Crippen LogP contribution < -0.4 is 26.0 Å². The van der Waals surface area contributed by atoms with Crippen LogP contribution in [0.3, 0.4) is 0 Å². The normalized spacial score (nSPS) is 14.3. The molecule has 0 atom stereocenters. The van der Waals surface area contributed by atoms with E-state index >= 15 is 0 Å². The Bertz CT molecular complexity index is 1090. The van der Waals surface area contributed by atoms with Crippen LogP contribution in [0.2, 0.25) is 0 Å². The van der Waals surface area contributed by atoms with E-state index in [9.17, 15) is 19.6 Å². The van der Waals surface area contributed by atoms with Gasteiger partial charge in [0.1, 0.15) is 31.4 Å². The van der Waals surface area contributed by atoms with Crippen LogP contribution in [0.25, 0.3) is 0 Å². The van der Waals surface area contributed by atoms with Crippen molar-refractivity contribution >= 4 is 11.6 Å². The molecular formula is C18H16N4O5. The number of ether oxygens (including phenoxy) is 2. The van der Waals surface area contributed by atoms with E-state index in [1.54, 1.807) is 18.2 Å². The number of amides is 1. The Morgan fingerprint density at radius 2 is 2.00 bits per heavy atom. The molecule has 1 aromatic carbocycles. The van der Waals surface area contributed by atoms with Crippen LogP contribution in [0.5, 0.6) is 11.5 Å². The molecule has 0 aliphatic carbocycles. The Morgan fingerprint density at radius 3 is 2.78 bits per heavy atom. The monoisotopic (exact) mass is 368 g/mol. The molecule has 0 radical (unpaired) electrons. The quantitative estimate of drug-likeness (QED) is 0.830. The summed E-state index contributed by atoms with van der Waals surface area (Å²) in [6.45, 7) is 0.849. The van der Waals surface area contributed by atoms with Gasteiger partial charge in [-0.2, -0.15) is 5.26 Å². The summed E-state index contributed by atoms with van der Waals surface area (Å²) in [5.74, 6) is 0.555. The lowest BCUT2D eigenvalue weighted by molar-refractivity contribution is -0.116. The fourth-order valence-corrected chi connectivity index (χ4v) is 3.35. The summed E-state index contributed by atoms with van der Waals surface area (Å²) in [5.41, 5.74) is -0.453. The highest BCUT2D eigenvalue weighted by atomic mass is 16.6. The zero-order valence-electron chi connectivity index (χ0n) is 14.4. The number of benzene rings is 1. The van der Waals surface area contributed by atoms with Crippen molar-refractivity contribution in [3.05, 3.63) is 50.3 Å². The first kappa shape index (κ1) is 16.9. The lowest BCUT2D eigenvalue weighted by atomic mass is 10.2. The van der Waals surface area contributed by atoms with Crippen molar-refractivity contribution in [1.29, 1.82) is 5.26 Å². The number of hydrogen-bond acceptors (Lipinski definition) is 6. The first-order chi connectivity index (χ1) is 13.1. The Hall–Kier alpha value is -3.54. The van der Waals surface area contributed by atoms with E-state index < -0.39 is 23.7 Å². The SMILES string of the molecule is N#Cc1c2n(c(=O)n(CC(=O)Nc3ccc4c(c3)OCCO4)c1=O)CCC2. The first-order valence-corrected chi connectivity index (χ1v) is 8.54. The van der Waals surface area contributed by atoms with E-state index in [2.05, 4.69) is 5.32 Å². The molecule has 0 saturated heterocycles. The van der Waals surface area contributed by atoms with Crippen molar-refractivity contribution in [1.82, 2.24) is 9.13 Å². The molecule has 2 aromatic rings. The van der Waals surface area contributed by atoms with Crippen molar-refractivity contribution < 1.29 is 14.3 Å². The first-order valence-electron chi connectivity index (χ1n) is 8.54. The number of carbonyl (C=O) groups is 1. The molecule has 9 nitrogen and oxygen atoms in total. The lowest BCUT2D eigenvalue weighted by Crippen LogP contribution is -2.44. The minimum absolute atomic E-state index is 0.0702. The molecule has 0 fully saturated rings. The summed E-state index contributed by atoms with van der Waals surface area (Å²) in [4.78, 5) is 37.4. The number of nitrogens with zero attached hydrogens (tertiary/aromatic N) is 3. The van der Waals surface area contributed by atoms with Crippen LogP contribution in [0.4, 0.5) is 5.69 Å². The number of fused-ring (bicyclic) bond motifs is 2. The summed E-state index contributed by atoms with van der Waals surface area (Å²) in [7, 11) is 0. The van der Waals surface area contributed by atoms with E-state index in [0.717, 1.165) is 4.57 Å². The third-order valence-corrected chi connectivity index (χ3v) is 4.57. The molecule has 2 aliphatic heterocycles. The topological polar surface area (TPSA) is 115 Å². The molecule has 1 aromatic heterocycles. The number of carbonyl (C=O) groups excluding carboxylic acids is 1. The molecule has 4 rings (SSSR count). The van der Waals surface area contributed by atoms with Gasteiger partial charge in [0.15, 0.2) is 11.5 Å². The van der Waals surface area contributed by atoms with Crippen LogP contribution in [0.15, 0.2) is 27.8 Å². The molecule has 0 unspecified atom stereocenters. The zero-order chi connectivity index (χ0) is 19.0. The van der Waals surface area contributed by atoms with E-state index in [0.29, 0.717) is 55.5 Å². The Kier molecular flexibility index (Phi) is 4.16. The second-order valence-corrected chi connectivity index (χ2v) is 6.27. The zero-order valence-corrected chi connectivity index (χ0v) is 14.4. The average Bonchev–Trinajstić information content (AvgIpc) is 3.15. The lowest BCUT2D eigenvalue weighted by Gasteiger charge is -2.19. The maximum atomic E-state index is 12.5. The van der Waals surface area contributed by atoms with Crippen molar-refractivity contribution in [3.8, 4) is 17.6 Å². The highest BCUT2D eigenvalue weighted by molar-refractivity contribution is 5.91. The molecular weight excluding hydrogens is 352 g/mol. The second-order valence-electron chi connectivity index (χ2n) is 6.27. The number of aromatic nitrogens is 2. The van der Waals surface area contributed by atoms with E-state index in [4.69, 9.17) is 9.47 Å². The standard InChI is InChI=1S/C18H16N4O5/c19-9-12-13-2-1-5-21(13)18(25)22(17(12)24)10-16(23)20-11-3-4-14-15(8-11)27-7-6-26-14/h3-4,8H,1-2,5-7,10H2,(H,20,23). The predicted octanol–water partition coefficient (Wildman–Crippen LogP) is 0.238. The second kappa shape index (κ2) is 6.64. The van der Waals surface area contributed by atoms with Crippen LogP contribution in [-0.2, 0) is 24.3 Å². The number of hydrogen-bond donors (Lipinski definition) is 1. The molecule has 0 bridgehead atoms. The highest BCUT2D eigenvalue weighted by Crippen LogP contribution is 2.32. The van der Waals surface area contributed by atoms with Gasteiger partial charge in [-0.3, -0.25) is 14.2 Å². The predicted molar refractivity (Wildman–Crippen MR) is 94.1 cm³/mol. The van der Waals surface area contributed by atoms with Gasteiger partial charge >= 0.3 is 5.69 Å². The molecule has 138 valence electrons. The smallest absolute Gasteiger partial charge is 0.331 e. The largest absolute Gasteiger partial charge is 0.486 e. The minimum atomic E-state index is -0.729. The van der Waals surface area contributed by atoms with E-state index in [1.165, 1.54) is 4.57 Å². The third kappa shape index (κ3) is 2.95. The summed E-state index contributed by atoms with van der Waals surface area (Å²) in [5, 5.41) is 11.9.